The fourth-order valence-corrected chi connectivity index (χ4v) is 11.1. The van der Waals surface area contributed by atoms with Crippen molar-refractivity contribution in [2.24, 2.45) is 22.7 Å². The van der Waals surface area contributed by atoms with E-state index >= 15 is 0 Å². The van der Waals surface area contributed by atoms with Crippen LogP contribution in [-0.4, -0.2) is 139 Å². The van der Waals surface area contributed by atoms with Gasteiger partial charge < -0.3 is 69.0 Å². The molecule has 6 aliphatic rings. The number of carbonyl (C=O) groups excluding carboxylic acids is 1. The molecule has 18 atom stereocenters. The molecule has 1 aromatic heterocycles. The van der Waals surface area contributed by atoms with Crippen molar-refractivity contribution in [3.05, 3.63) is 46.0 Å². The van der Waals surface area contributed by atoms with Crippen molar-refractivity contribution in [3.8, 4) is 0 Å². The minimum absolute atomic E-state index is 0.0979. The van der Waals surface area contributed by atoms with E-state index in [1.165, 1.54) is 19.3 Å². The van der Waals surface area contributed by atoms with Gasteiger partial charge in [0.1, 0.15) is 54.9 Å². The first-order chi connectivity index (χ1) is 25.6. The van der Waals surface area contributed by atoms with Crippen molar-refractivity contribution >= 4 is 5.97 Å². The molecule has 2 aliphatic heterocycles. The van der Waals surface area contributed by atoms with E-state index in [1.807, 2.05) is 6.08 Å². The Morgan fingerprint density at radius 1 is 0.852 bits per heavy atom. The predicted molar refractivity (Wildman–Crippen MR) is 183 cm³/mol. The van der Waals surface area contributed by atoms with E-state index in [1.54, 1.807) is 6.07 Å². The van der Waals surface area contributed by atoms with E-state index in [0.29, 0.717) is 37.7 Å². The van der Waals surface area contributed by atoms with Crippen LogP contribution in [-0.2, 0) is 28.5 Å². The number of aliphatic hydroxyl groups is 8. The van der Waals surface area contributed by atoms with Crippen LogP contribution in [0.4, 0.5) is 0 Å². The Balaban J connectivity index is 1.06. The van der Waals surface area contributed by atoms with E-state index in [2.05, 4.69) is 13.8 Å². The number of fused-ring (bicyclic) bond motifs is 5. The maximum Gasteiger partial charge on any atom is 0.335 e. The molecule has 16 nitrogen and oxygen atoms in total. The van der Waals surface area contributed by atoms with Gasteiger partial charge in [0.05, 0.1) is 31.2 Å². The summed E-state index contributed by atoms with van der Waals surface area (Å²) in [6.07, 6.45) is -8.70. The van der Waals surface area contributed by atoms with E-state index in [-0.39, 0.29) is 29.6 Å². The Morgan fingerprint density at radius 2 is 1.54 bits per heavy atom. The zero-order valence-corrected chi connectivity index (χ0v) is 30.7. The number of hydrogen-bond acceptors (Lipinski definition) is 16. The summed E-state index contributed by atoms with van der Waals surface area (Å²) in [6, 6.07) is 3.05. The number of carbonyl (C=O) groups is 1. The average Bonchev–Trinajstić information content (AvgIpc) is 3.37. The number of esters is 1. The zero-order chi connectivity index (χ0) is 38.9. The first-order valence-electron chi connectivity index (χ1n) is 19.0. The fraction of sp³-hybridized carbons (Fsp3) is 0.789. The second-order valence-corrected chi connectivity index (χ2v) is 16.7. The fourth-order valence-electron chi connectivity index (χ4n) is 11.1. The lowest BCUT2D eigenvalue weighted by Crippen LogP contribution is -2.65. The summed E-state index contributed by atoms with van der Waals surface area (Å²) in [6.45, 7) is 4.28. The molecule has 54 heavy (non-hydrogen) atoms. The summed E-state index contributed by atoms with van der Waals surface area (Å²) in [4.78, 5) is 24.1. The number of rotatable bonds is 8. The molecule has 2 saturated heterocycles. The quantitative estimate of drug-likeness (QED) is 0.121. The highest BCUT2D eigenvalue weighted by molar-refractivity contribution is 5.66. The summed E-state index contributed by atoms with van der Waals surface area (Å²) in [7, 11) is 0. The second-order valence-electron chi connectivity index (χ2n) is 16.7. The zero-order valence-electron chi connectivity index (χ0n) is 30.7. The van der Waals surface area contributed by atoms with Gasteiger partial charge in [-0.1, -0.05) is 25.5 Å². The standard InChI is InChI=1S/C38H54O16/c1-17(41)50-23-13-38(48)22-6-5-19-12-20(8-10-36(19,2)21(22)9-11-37(38,3)27(23)18-4-7-26(42)49-16-18)51-34-32(47)30(45)33(25(15-40)53-34)54-35-31(46)29(44)28(43)24(14-39)52-35/h4,7,12,16,20-25,27-35,39-40,43-48H,5-6,8-11,13-15H2,1-3H3. The third-order valence-electron chi connectivity index (χ3n) is 13.9. The molecule has 3 heterocycles. The molecule has 0 bridgehead atoms. The third-order valence-corrected chi connectivity index (χ3v) is 13.9. The molecule has 1 aromatic rings. The Bertz CT molecular complexity index is 1590. The molecular formula is C38H54O16. The van der Waals surface area contributed by atoms with Crippen LogP contribution in [0, 0.1) is 22.7 Å². The van der Waals surface area contributed by atoms with Gasteiger partial charge in [-0.25, -0.2) is 4.79 Å². The summed E-state index contributed by atoms with van der Waals surface area (Å²) in [5.41, 5.74) is -0.708. The number of hydrogen-bond donors (Lipinski definition) is 8. The molecule has 4 aliphatic carbocycles. The molecule has 0 amide bonds. The van der Waals surface area contributed by atoms with Crippen LogP contribution >= 0.6 is 0 Å². The summed E-state index contributed by atoms with van der Waals surface area (Å²) in [5, 5.41) is 85.4. The van der Waals surface area contributed by atoms with Gasteiger partial charge in [-0.2, -0.15) is 0 Å². The smallest absolute Gasteiger partial charge is 0.335 e. The highest BCUT2D eigenvalue weighted by Crippen LogP contribution is 2.70. The molecule has 0 aromatic carbocycles. The lowest BCUT2D eigenvalue weighted by Gasteiger charge is -2.61. The van der Waals surface area contributed by atoms with Crippen LogP contribution in [0.15, 0.2) is 39.3 Å². The minimum Gasteiger partial charge on any atom is -0.462 e. The van der Waals surface area contributed by atoms with Gasteiger partial charge in [0.15, 0.2) is 12.6 Å². The van der Waals surface area contributed by atoms with E-state index in [9.17, 15) is 50.4 Å². The van der Waals surface area contributed by atoms with Crippen LogP contribution in [0.1, 0.15) is 77.2 Å². The first-order valence-corrected chi connectivity index (χ1v) is 19.0. The van der Waals surface area contributed by atoms with Gasteiger partial charge in [0.2, 0.25) is 0 Å². The van der Waals surface area contributed by atoms with Crippen molar-refractivity contribution in [1.82, 2.24) is 0 Å². The number of allylic oxidation sites excluding steroid dienone is 1. The molecule has 0 radical (unpaired) electrons. The van der Waals surface area contributed by atoms with Gasteiger partial charge in [0, 0.05) is 30.7 Å². The summed E-state index contributed by atoms with van der Waals surface area (Å²) < 4.78 is 34.3. The maximum atomic E-state index is 12.8. The Kier molecular flexibility index (Phi) is 11.0. The van der Waals surface area contributed by atoms with Crippen molar-refractivity contribution < 1.29 is 73.7 Å². The maximum absolute atomic E-state index is 12.8. The van der Waals surface area contributed by atoms with Crippen LogP contribution in [0.25, 0.3) is 0 Å². The van der Waals surface area contributed by atoms with Crippen molar-refractivity contribution in [1.29, 1.82) is 0 Å². The largest absolute Gasteiger partial charge is 0.462 e. The normalized spacial score (nSPS) is 48.9. The lowest BCUT2D eigenvalue weighted by molar-refractivity contribution is -0.361. The SMILES string of the molecule is CC(=O)OC1CC2(O)C3CCC4=CC(OC5OC(CO)C(OC6OC(CO)C(O)C(O)C6O)C(O)C5O)CCC4(C)C3CCC2(C)C1c1ccc(=O)oc1. The molecule has 0 spiro atoms. The van der Waals surface area contributed by atoms with Crippen LogP contribution in [0.5, 0.6) is 0 Å². The molecule has 3 saturated carbocycles. The monoisotopic (exact) mass is 766 g/mol. The average molecular weight is 767 g/mol. The Labute approximate surface area is 312 Å². The lowest BCUT2D eigenvalue weighted by atomic mass is 9.45. The highest BCUT2D eigenvalue weighted by Gasteiger charge is 2.70. The molecular weight excluding hydrogens is 712 g/mol. The van der Waals surface area contributed by atoms with Gasteiger partial charge in [-0.05, 0) is 67.4 Å². The molecule has 5 fully saturated rings. The molecule has 18 unspecified atom stereocenters. The number of ether oxygens (including phenoxy) is 5. The number of aliphatic hydroxyl groups excluding tert-OH is 7. The summed E-state index contributed by atoms with van der Waals surface area (Å²) >= 11 is 0. The van der Waals surface area contributed by atoms with Crippen LogP contribution in [0.2, 0.25) is 0 Å². The van der Waals surface area contributed by atoms with Gasteiger partial charge in [-0.15, -0.1) is 0 Å². The van der Waals surface area contributed by atoms with Crippen LogP contribution < -0.4 is 5.63 Å². The highest BCUT2D eigenvalue weighted by atomic mass is 16.7. The van der Waals surface area contributed by atoms with E-state index in [0.717, 1.165) is 12.0 Å². The summed E-state index contributed by atoms with van der Waals surface area (Å²) in [5.74, 6) is -0.794. The van der Waals surface area contributed by atoms with Crippen molar-refractivity contribution in [2.45, 2.75) is 151 Å². The molecule has 7 rings (SSSR count). The Hall–Kier alpha value is -2.32. The van der Waals surface area contributed by atoms with Gasteiger partial charge >= 0.3 is 11.6 Å². The molecule has 8 N–H and O–H groups in total. The Morgan fingerprint density at radius 3 is 2.20 bits per heavy atom. The minimum atomic E-state index is -1.77. The van der Waals surface area contributed by atoms with Crippen molar-refractivity contribution in [3.63, 3.8) is 0 Å². The van der Waals surface area contributed by atoms with Gasteiger partial charge in [0.25, 0.3) is 0 Å². The van der Waals surface area contributed by atoms with Crippen LogP contribution in [0.3, 0.4) is 0 Å². The van der Waals surface area contributed by atoms with Crippen molar-refractivity contribution in [2.75, 3.05) is 13.2 Å². The second kappa shape index (κ2) is 14.9. The third kappa shape index (κ3) is 6.49. The molecule has 302 valence electrons. The van der Waals surface area contributed by atoms with E-state index in [4.69, 9.17) is 28.1 Å². The molecule has 16 heteroatoms. The first kappa shape index (κ1) is 39.9. The topological polar surface area (TPSA) is 255 Å². The van der Waals surface area contributed by atoms with E-state index < -0.39 is 109 Å². The predicted octanol–water partition coefficient (Wildman–Crippen LogP) is -0.648. The van der Waals surface area contributed by atoms with Gasteiger partial charge in [-0.3, -0.25) is 4.79 Å².